The molecule has 2 nitrogen and oxygen atoms in total. The minimum Gasteiger partial charge on any atom is -0.388 e. The average Bonchev–Trinajstić information content (AvgIpc) is 2.52. The molecule has 0 heterocycles. The summed E-state index contributed by atoms with van der Waals surface area (Å²) in [5.41, 5.74) is 2.94. The molecule has 0 spiro atoms. The normalized spacial score (nSPS) is 12.6. The number of alkyl halides is 2. The van der Waals surface area contributed by atoms with Gasteiger partial charge in [0, 0.05) is 13.0 Å². The van der Waals surface area contributed by atoms with Gasteiger partial charge in [-0.05, 0) is 16.7 Å². The van der Waals surface area contributed by atoms with Crippen molar-refractivity contribution >= 4 is 0 Å². The summed E-state index contributed by atoms with van der Waals surface area (Å²) in [6.07, 6.45) is -2.86. The molecule has 0 amide bonds. The third-order valence-electron chi connectivity index (χ3n) is 3.18. The van der Waals surface area contributed by atoms with Gasteiger partial charge in [-0.1, -0.05) is 54.6 Å². The predicted octanol–water partition coefficient (Wildman–Crippen LogP) is 4.06. The number of aliphatic hydroxyl groups excluding tert-OH is 1. The van der Waals surface area contributed by atoms with Crippen LogP contribution >= 0.6 is 0 Å². The molecule has 0 radical (unpaired) electrons. The molecule has 1 unspecified atom stereocenters. The molecular formula is C17H18F2O2. The summed E-state index contributed by atoms with van der Waals surface area (Å²) in [4.78, 5) is 0. The quantitative estimate of drug-likeness (QED) is 0.780. The van der Waals surface area contributed by atoms with Crippen molar-refractivity contribution in [2.75, 3.05) is 13.2 Å². The van der Waals surface area contributed by atoms with Crippen molar-refractivity contribution in [1.29, 1.82) is 0 Å². The van der Waals surface area contributed by atoms with Crippen LogP contribution in [0.1, 0.15) is 18.1 Å². The van der Waals surface area contributed by atoms with Crippen LogP contribution in [0, 0.1) is 0 Å². The number of hydrogen-bond acceptors (Lipinski definition) is 2. The van der Waals surface area contributed by atoms with Crippen LogP contribution in [-0.2, 0) is 4.74 Å². The zero-order valence-corrected chi connectivity index (χ0v) is 11.6. The smallest absolute Gasteiger partial charge is 0.261 e. The maximum Gasteiger partial charge on any atom is 0.261 e. The second-order valence-electron chi connectivity index (χ2n) is 4.76. The van der Waals surface area contributed by atoms with E-state index in [1.807, 2.05) is 54.6 Å². The van der Waals surface area contributed by atoms with Crippen molar-refractivity contribution in [2.24, 2.45) is 0 Å². The summed E-state index contributed by atoms with van der Waals surface area (Å²) in [7, 11) is 0. The van der Waals surface area contributed by atoms with Gasteiger partial charge < -0.3 is 9.84 Å². The molecule has 0 saturated heterocycles. The fourth-order valence-corrected chi connectivity index (χ4v) is 2.06. The van der Waals surface area contributed by atoms with Crippen LogP contribution in [-0.4, -0.2) is 24.7 Å². The van der Waals surface area contributed by atoms with Crippen LogP contribution in [0.25, 0.3) is 11.1 Å². The fraction of sp³-hybridized carbons (Fsp3) is 0.294. The van der Waals surface area contributed by atoms with Crippen LogP contribution in [0.3, 0.4) is 0 Å². The van der Waals surface area contributed by atoms with E-state index in [2.05, 4.69) is 0 Å². The number of aliphatic hydroxyl groups is 1. The van der Waals surface area contributed by atoms with E-state index in [-0.39, 0.29) is 6.61 Å². The van der Waals surface area contributed by atoms with Gasteiger partial charge in [0.15, 0.2) is 0 Å². The minimum atomic E-state index is -2.47. The molecule has 2 aromatic carbocycles. The molecule has 2 rings (SSSR count). The Hall–Kier alpha value is -1.78. The monoisotopic (exact) mass is 292 g/mol. The first-order valence-corrected chi connectivity index (χ1v) is 6.86. The lowest BCUT2D eigenvalue weighted by atomic mass is 10.0. The third-order valence-corrected chi connectivity index (χ3v) is 3.18. The van der Waals surface area contributed by atoms with Crippen LogP contribution in [0.15, 0.2) is 54.6 Å². The van der Waals surface area contributed by atoms with Crippen molar-refractivity contribution in [3.63, 3.8) is 0 Å². The molecule has 1 N–H and O–H groups in total. The Labute approximate surface area is 123 Å². The molecular weight excluding hydrogens is 274 g/mol. The number of hydrogen-bond donors (Lipinski definition) is 1. The molecule has 0 aliphatic rings. The highest BCUT2D eigenvalue weighted by atomic mass is 19.3. The largest absolute Gasteiger partial charge is 0.388 e. The van der Waals surface area contributed by atoms with Crippen LogP contribution in [0.4, 0.5) is 8.78 Å². The van der Waals surface area contributed by atoms with E-state index >= 15 is 0 Å². The molecule has 2 aromatic rings. The lowest BCUT2D eigenvalue weighted by Crippen LogP contribution is -2.08. The maximum atomic E-state index is 11.9. The topological polar surface area (TPSA) is 29.5 Å². The van der Waals surface area contributed by atoms with E-state index in [9.17, 15) is 13.9 Å². The van der Waals surface area contributed by atoms with Crippen molar-refractivity contribution in [1.82, 2.24) is 0 Å². The van der Waals surface area contributed by atoms with Gasteiger partial charge in [0.05, 0.1) is 6.10 Å². The van der Waals surface area contributed by atoms with Gasteiger partial charge in [-0.3, -0.25) is 0 Å². The zero-order valence-electron chi connectivity index (χ0n) is 11.6. The van der Waals surface area contributed by atoms with E-state index in [1.165, 1.54) is 0 Å². The van der Waals surface area contributed by atoms with Gasteiger partial charge in [0.25, 0.3) is 6.43 Å². The third kappa shape index (κ3) is 4.92. The highest BCUT2D eigenvalue weighted by Crippen LogP contribution is 2.23. The SMILES string of the molecule is OC(CCOCC(F)F)c1ccc(-c2ccccc2)cc1. The molecule has 0 aromatic heterocycles. The number of benzene rings is 2. The Morgan fingerprint density at radius 3 is 2.14 bits per heavy atom. The molecule has 112 valence electrons. The molecule has 0 aliphatic heterocycles. The lowest BCUT2D eigenvalue weighted by Gasteiger charge is -2.12. The van der Waals surface area contributed by atoms with Crippen LogP contribution < -0.4 is 0 Å². The lowest BCUT2D eigenvalue weighted by molar-refractivity contribution is 0.00481. The summed E-state index contributed by atoms with van der Waals surface area (Å²) < 4.78 is 28.6. The van der Waals surface area contributed by atoms with E-state index < -0.39 is 19.1 Å². The second-order valence-corrected chi connectivity index (χ2v) is 4.76. The van der Waals surface area contributed by atoms with Crippen molar-refractivity contribution in [3.8, 4) is 11.1 Å². The molecule has 0 bridgehead atoms. The molecule has 0 fully saturated rings. The number of rotatable bonds is 7. The summed E-state index contributed by atoms with van der Waals surface area (Å²) >= 11 is 0. The number of halogens is 2. The van der Waals surface area contributed by atoms with E-state index in [1.54, 1.807) is 0 Å². The van der Waals surface area contributed by atoms with Gasteiger partial charge in [-0.15, -0.1) is 0 Å². The Kier molecular flexibility index (Phi) is 5.84. The Morgan fingerprint density at radius 2 is 1.52 bits per heavy atom. The first kappa shape index (κ1) is 15.6. The minimum absolute atomic E-state index is 0.117. The van der Waals surface area contributed by atoms with Gasteiger partial charge in [0.2, 0.25) is 0 Å². The van der Waals surface area contributed by atoms with Gasteiger partial charge >= 0.3 is 0 Å². The molecule has 1 atom stereocenters. The van der Waals surface area contributed by atoms with E-state index in [0.717, 1.165) is 16.7 Å². The predicted molar refractivity (Wildman–Crippen MR) is 78.3 cm³/mol. The summed E-state index contributed by atoms with van der Waals surface area (Å²) in [6, 6.07) is 17.5. The molecule has 4 heteroatoms. The van der Waals surface area contributed by atoms with Crippen molar-refractivity contribution < 1.29 is 18.6 Å². The first-order valence-electron chi connectivity index (χ1n) is 6.86. The zero-order chi connectivity index (χ0) is 15.1. The molecule has 21 heavy (non-hydrogen) atoms. The van der Waals surface area contributed by atoms with Crippen molar-refractivity contribution in [2.45, 2.75) is 19.0 Å². The molecule has 0 saturated carbocycles. The van der Waals surface area contributed by atoms with E-state index in [0.29, 0.717) is 6.42 Å². The highest BCUT2D eigenvalue weighted by Gasteiger charge is 2.09. The Bertz CT molecular complexity index is 526. The van der Waals surface area contributed by atoms with E-state index in [4.69, 9.17) is 4.74 Å². The summed E-state index contributed by atoms with van der Waals surface area (Å²) in [6.45, 7) is -0.467. The summed E-state index contributed by atoms with van der Waals surface area (Å²) in [5.74, 6) is 0. The molecule has 0 aliphatic carbocycles. The fourth-order valence-electron chi connectivity index (χ4n) is 2.06. The van der Waals surface area contributed by atoms with Gasteiger partial charge in [-0.2, -0.15) is 0 Å². The Morgan fingerprint density at radius 1 is 0.905 bits per heavy atom. The summed E-state index contributed by atoms with van der Waals surface area (Å²) in [5, 5.41) is 9.98. The van der Waals surface area contributed by atoms with Gasteiger partial charge in [-0.25, -0.2) is 8.78 Å². The number of ether oxygens (including phenoxy) is 1. The van der Waals surface area contributed by atoms with Crippen LogP contribution in [0.5, 0.6) is 0 Å². The van der Waals surface area contributed by atoms with Crippen LogP contribution in [0.2, 0.25) is 0 Å². The highest BCUT2D eigenvalue weighted by molar-refractivity contribution is 5.63. The maximum absolute atomic E-state index is 11.9. The Balaban J connectivity index is 1.89. The first-order chi connectivity index (χ1) is 10.2. The average molecular weight is 292 g/mol. The second kappa shape index (κ2) is 7.86. The standard InChI is InChI=1S/C17H18F2O2/c18-17(19)12-21-11-10-16(20)15-8-6-14(7-9-15)13-4-2-1-3-5-13/h1-9,16-17,20H,10-12H2. The van der Waals surface area contributed by atoms with Gasteiger partial charge in [0.1, 0.15) is 6.61 Å². The van der Waals surface area contributed by atoms with Crippen molar-refractivity contribution in [3.05, 3.63) is 60.2 Å².